The van der Waals surface area contributed by atoms with E-state index < -0.39 is 12.3 Å². The lowest BCUT2D eigenvalue weighted by molar-refractivity contribution is 0.460. The number of hydrogen-bond donors (Lipinski definition) is 0. The highest BCUT2D eigenvalue weighted by atomic mass is 35.5. The molecule has 0 spiro atoms. The van der Waals surface area contributed by atoms with E-state index in [1.807, 2.05) is 0 Å². The van der Waals surface area contributed by atoms with E-state index in [1.165, 1.54) is 0 Å². The third-order valence-electron chi connectivity index (χ3n) is 1.68. The Labute approximate surface area is 79.8 Å². The molecule has 0 unspecified atom stereocenters. The highest BCUT2D eigenvalue weighted by Crippen LogP contribution is 2.22. The summed E-state index contributed by atoms with van der Waals surface area (Å²) in [5.74, 6) is 0. The molecule has 1 aromatic carbocycles. The zero-order valence-corrected chi connectivity index (χ0v) is 7.52. The highest BCUT2D eigenvalue weighted by Gasteiger charge is 2.33. The van der Waals surface area contributed by atoms with E-state index >= 15 is 0 Å². The summed E-state index contributed by atoms with van der Waals surface area (Å²) in [6.07, 6.45) is -0.147. The molecular formula is C8H8BClF3-. The smallest absolute Gasteiger partial charge is 0.448 e. The molecule has 0 fully saturated rings. The third kappa shape index (κ3) is 3.31. The molecule has 1 atom stereocenters. The van der Waals surface area contributed by atoms with E-state index in [2.05, 4.69) is 0 Å². The van der Waals surface area contributed by atoms with Gasteiger partial charge in [0.2, 0.25) is 0 Å². The number of rotatable bonds is 3. The quantitative estimate of drug-likeness (QED) is 0.527. The SMILES string of the molecule is F[B-](F)(F)[C@H](Cl)Cc1ccccc1. The maximum Gasteiger partial charge on any atom is 0.496 e. The standard InChI is InChI=1S/C8H8BClF3/c10-8(9(11,12)13)6-7-4-2-1-3-5-7/h1-5,8H,6H2/q-1/t8-/m1/s1. The van der Waals surface area contributed by atoms with Gasteiger partial charge in [0.15, 0.2) is 0 Å². The van der Waals surface area contributed by atoms with Gasteiger partial charge in [-0.3, -0.25) is 0 Å². The van der Waals surface area contributed by atoms with Gasteiger partial charge in [-0.25, -0.2) is 0 Å². The van der Waals surface area contributed by atoms with Crippen molar-refractivity contribution in [3.63, 3.8) is 0 Å². The number of alkyl halides is 1. The van der Waals surface area contributed by atoms with Gasteiger partial charge < -0.3 is 12.9 Å². The van der Waals surface area contributed by atoms with Crippen molar-refractivity contribution in [1.82, 2.24) is 0 Å². The van der Waals surface area contributed by atoms with E-state index in [9.17, 15) is 12.9 Å². The molecule has 0 nitrogen and oxygen atoms in total. The van der Waals surface area contributed by atoms with Crippen LogP contribution < -0.4 is 0 Å². The molecule has 0 saturated carbocycles. The Hall–Kier alpha value is -0.635. The minimum Gasteiger partial charge on any atom is -0.448 e. The van der Waals surface area contributed by atoms with Gasteiger partial charge in [0.25, 0.3) is 0 Å². The first-order chi connectivity index (χ1) is 6.00. The van der Waals surface area contributed by atoms with Crippen LogP contribution in [0.3, 0.4) is 0 Å². The van der Waals surface area contributed by atoms with Crippen molar-refractivity contribution >= 4 is 18.6 Å². The molecule has 5 heteroatoms. The van der Waals surface area contributed by atoms with E-state index in [0.717, 1.165) is 0 Å². The van der Waals surface area contributed by atoms with Crippen molar-refractivity contribution in [1.29, 1.82) is 0 Å². The molecule has 1 aromatic rings. The Morgan fingerprint density at radius 2 is 1.69 bits per heavy atom. The van der Waals surface area contributed by atoms with Crippen LogP contribution in [-0.4, -0.2) is 12.3 Å². The van der Waals surface area contributed by atoms with Crippen LogP contribution in [-0.2, 0) is 6.42 Å². The first-order valence-corrected chi connectivity index (χ1v) is 4.32. The molecule has 0 heterocycles. The normalized spacial score (nSPS) is 14.2. The molecular weight excluding hydrogens is 199 g/mol. The lowest BCUT2D eigenvalue weighted by Crippen LogP contribution is -2.31. The highest BCUT2D eigenvalue weighted by molar-refractivity contribution is 6.69. The lowest BCUT2D eigenvalue weighted by atomic mass is 9.82. The minimum atomic E-state index is -4.93. The average Bonchev–Trinajstić information content (AvgIpc) is 2.04. The van der Waals surface area contributed by atoms with Crippen LogP contribution in [0.25, 0.3) is 0 Å². The van der Waals surface area contributed by atoms with Gasteiger partial charge in [-0.2, -0.15) is 11.6 Å². The molecule has 0 aliphatic rings. The molecule has 0 aliphatic carbocycles. The van der Waals surface area contributed by atoms with E-state index in [0.29, 0.717) is 5.56 Å². The van der Waals surface area contributed by atoms with Crippen LogP contribution in [0.2, 0.25) is 0 Å². The average molecular weight is 207 g/mol. The largest absolute Gasteiger partial charge is 0.496 e. The molecule has 0 saturated heterocycles. The van der Waals surface area contributed by atoms with Gasteiger partial charge in [0.1, 0.15) is 0 Å². The second-order valence-electron chi connectivity index (χ2n) is 2.83. The van der Waals surface area contributed by atoms with Crippen LogP contribution in [0.5, 0.6) is 0 Å². The van der Waals surface area contributed by atoms with Gasteiger partial charge in [0.05, 0.1) is 0 Å². The fourth-order valence-corrected chi connectivity index (χ4v) is 1.15. The van der Waals surface area contributed by atoms with Gasteiger partial charge in [0, 0.05) is 5.28 Å². The summed E-state index contributed by atoms with van der Waals surface area (Å²) in [5.41, 5.74) is 0.613. The summed E-state index contributed by atoms with van der Waals surface area (Å²) in [5, 5.41) is -1.73. The Balaban J connectivity index is 2.61. The summed E-state index contributed by atoms with van der Waals surface area (Å²) in [7, 11) is 0. The van der Waals surface area contributed by atoms with Crippen molar-refractivity contribution in [2.24, 2.45) is 0 Å². The Morgan fingerprint density at radius 1 is 1.15 bits per heavy atom. The van der Waals surface area contributed by atoms with Gasteiger partial charge in [-0.05, 0) is 12.0 Å². The predicted molar refractivity (Wildman–Crippen MR) is 48.9 cm³/mol. The number of halogens is 4. The second kappa shape index (κ2) is 4.05. The van der Waals surface area contributed by atoms with Crippen LogP contribution >= 0.6 is 11.6 Å². The first kappa shape index (κ1) is 10.4. The molecule has 0 aromatic heterocycles. The van der Waals surface area contributed by atoms with Crippen molar-refractivity contribution in [2.75, 3.05) is 0 Å². The Morgan fingerprint density at radius 3 is 2.15 bits per heavy atom. The fraction of sp³-hybridized carbons (Fsp3) is 0.250. The first-order valence-electron chi connectivity index (χ1n) is 3.88. The van der Waals surface area contributed by atoms with Crippen molar-refractivity contribution < 1.29 is 12.9 Å². The summed E-state index contributed by atoms with van der Waals surface area (Å²) in [6.45, 7) is -4.93. The van der Waals surface area contributed by atoms with Crippen LogP contribution in [0.15, 0.2) is 30.3 Å². The van der Waals surface area contributed by atoms with E-state index in [1.54, 1.807) is 30.3 Å². The van der Waals surface area contributed by atoms with Gasteiger partial charge in [-0.1, -0.05) is 30.3 Å². The minimum absolute atomic E-state index is 0.147. The number of hydrogen-bond acceptors (Lipinski definition) is 0. The summed E-state index contributed by atoms with van der Waals surface area (Å²) >= 11 is 5.19. The summed E-state index contributed by atoms with van der Waals surface area (Å²) < 4.78 is 36.2. The van der Waals surface area contributed by atoms with Crippen molar-refractivity contribution in [3.05, 3.63) is 35.9 Å². The zero-order chi connectivity index (χ0) is 9.90. The molecule has 0 aliphatic heterocycles. The van der Waals surface area contributed by atoms with E-state index in [-0.39, 0.29) is 6.42 Å². The van der Waals surface area contributed by atoms with Crippen LogP contribution in [0.4, 0.5) is 12.9 Å². The zero-order valence-electron chi connectivity index (χ0n) is 6.76. The third-order valence-corrected chi connectivity index (χ3v) is 2.12. The molecule has 1 rings (SSSR count). The Bertz CT molecular complexity index is 260. The van der Waals surface area contributed by atoms with Crippen molar-refractivity contribution in [3.8, 4) is 0 Å². The van der Waals surface area contributed by atoms with Gasteiger partial charge in [-0.15, -0.1) is 0 Å². The summed E-state index contributed by atoms with van der Waals surface area (Å²) in [4.78, 5) is 0. The summed E-state index contributed by atoms with van der Waals surface area (Å²) in [6, 6.07) is 8.42. The Kier molecular flexibility index (Phi) is 3.25. The van der Waals surface area contributed by atoms with Crippen LogP contribution in [0.1, 0.15) is 5.56 Å². The monoisotopic (exact) mass is 207 g/mol. The molecule has 0 radical (unpaired) electrons. The number of benzene rings is 1. The molecule has 0 bridgehead atoms. The second-order valence-corrected chi connectivity index (χ2v) is 3.39. The molecule has 13 heavy (non-hydrogen) atoms. The maximum atomic E-state index is 12.1. The molecule has 0 amide bonds. The van der Waals surface area contributed by atoms with Gasteiger partial charge >= 0.3 is 6.98 Å². The molecule has 0 N–H and O–H groups in total. The molecule has 72 valence electrons. The van der Waals surface area contributed by atoms with Crippen LogP contribution in [0, 0.1) is 0 Å². The lowest BCUT2D eigenvalue weighted by Gasteiger charge is -2.20. The predicted octanol–water partition coefficient (Wildman–Crippen LogP) is 3.22. The van der Waals surface area contributed by atoms with Crippen molar-refractivity contribution in [2.45, 2.75) is 11.7 Å². The topological polar surface area (TPSA) is 0 Å². The van der Waals surface area contributed by atoms with E-state index in [4.69, 9.17) is 11.6 Å². The maximum absolute atomic E-state index is 12.1. The fourth-order valence-electron chi connectivity index (χ4n) is 0.973.